The number of amides is 1. The van der Waals surface area contributed by atoms with Crippen molar-refractivity contribution in [1.29, 1.82) is 0 Å². The molecule has 40 heavy (non-hydrogen) atoms. The highest BCUT2D eigenvalue weighted by Gasteiger charge is 2.21. The number of imidazole rings is 1. The van der Waals surface area contributed by atoms with Crippen LogP contribution in [0.2, 0.25) is 0 Å². The van der Waals surface area contributed by atoms with Gasteiger partial charge in [0, 0.05) is 47.2 Å². The van der Waals surface area contributed by atoms with Crippen LogP contribution in [0.3, 0.4) is 0 Å². The molecule has 0 spiro atoms. The van der Waals surface area contributed by atoms with Gasteiger partial charge in [-0.15, -0.1) is 0 Å². The monoisotopic (exact) mass is 560 g/mol. The van der Waals surface area contributed by atoms with E-state index >= 15 is 0 Å². The average molecular weight is 561 g/mol. The van der Waals surface area contributed by atoms with Crippen molar-refractivity contribution in [2.75, 3.05) is 26.5 Å². The zero-order valence-corrected chi connectivity index (χ0v) is 23.8. The number of aromatic nitrogens is 2. The molecule has 0 radical (unpaired) electrons. The quantitative estimate of drug-likeness (QED) is 0.0926. The molecule has 0 fully saturated rings. The van der Waals surface area contributed by atoms with Gasteiger partial charge in [-0.3, -0.25) is 14.9 Å². The van der Waals surface area contributed by atoms with Crippen molar-refractivity contribution >= 4 is 23.4 Å². The zero-order chi connectivity index (χ0) is 28.6. The Labute approximate surface area is 237 Å². The molecule has 1 aromatic heterocycles. The number of hydrogen-bond donors (Lipinski definition) is 1. The summed E-state index contributed by atoms with van der Waals surface area (Å²) in [4.78, 5) is 28.5. The van der Waals surface area contributed by atoms with Gasteiger partial charge in [-0.1, -0.05) is 24.8 Å². The lowest BCUT2D eigenvalue weighted by Crippen LogP contribution is -2.26. The van der Waals surface area contributed by atoms with Gasteiger partial charge >= 0.3 is 0 Å². The topological polar surface area (TPSA) is 109 Å². The number of benzene rings is 3. The molecule has 4 rings (SSSR count). The molecule has 1 heterocycles. The summed E-state index contributed by atoms with van der Waals surface area (Å²) in [7, 11) is 3.29. The third-order valence-corrected chi connectivity index (χ3v) is 7.37. The summed E-state index contributed by atoms with van der Waals surface area (Å²) in [5.41, 5.74) is 4.57. The van der Waals surface area contributed by atoms with Crippen LogP contribution < -0.4 is 14.8 Å². The van der Waals surface area contributed by atoms with Crippen LogP contribution in [-0.4, -0.2) is 46.9 Å². The third kappa shape index (κ3) is 6.45. The molecule has 0 saturated carbocycles. The highest BCUT2D eigenvalue weighted by Crippen LogP contribution is 2.37. The average Bonchev–Trinajstić information content (AvgIpc) is 3.33. The summed E-state index contributed by atoms with van der Waals surface area (Å²) < 4.78 is 12.9. The number of nitrogens with zero attached hydrogens (tertiary/aromatic N) is 3. The molecular weight excluding hydrogens is 528 g/mol. The highest BCUT2D eigenvalue weighted by molar-refractivity contribution is 7.99. The summed E-state index contributed by atoms with van der Waals surface area (Å²) in [5, 5.41) is 15.0. The van der Waals surface area contributed by atoms with E-state index in [-0.39, 0.29) is 17.2 Å². The fourth-order valence-electron chi connectivity index (χ4n) is 4.32. The van der Waals surface area contributed by atoms with Gasteiger partial charge < -0.3 is 19.4 Å². The Morgan fingerprint density at radius 2 is 1.62 bits per heavy atom. The molecule has 4 aromatic rings. The van der Waals surface area contributed by atoms with Crippen molar-refractivity contribution in [3.05, 3.63) is 88.0 Å². The Bertz CT molecular complexity index is 1480. The van der Waals surface area contributed by atoms with E-state index < -0.39 is 4.92 Å². The summed E-state index contributed by atoms with van der Waals surface area (Å²) in [6.45, 7) is 4.92. The van der Waals surface area contributed by atoms with Crippen molar-refractivity contribution in [3.63, 3.8) is 0 Å². The predicted octanol–water partition coefficient (Wildman–Crippen LogP) is 6.38. The summed E-state index contributed by atoms with van der Waals surface area (Å²) in [6, 6.07) is 20.3. The van der Waals surface area contributed by atoms with Crippen LogP contribution in [0.4, 0.5) is 5.69 Å². The van der Waals surface area contributed by atoms with Crippen molar-refractivity contribution in [2.45, 2.75) is 32.0 Å². The number of methoxy groups -OCH3 is 2. The smallest absolute Gasteiger partial charge is 0.273 e. The van der Waals surface area contributed by atoms with Gasteiger partial charge in [-0.05, 0) is 67.9 Å². The minimum Gasteiger partial charge on any atom is -0.497 e. The number of thioether (sulfide) groups is 1. The standard InChI is InChI=1S/C30H32N4O5S/c1-5-17-33-28(22-10-14-25(39-4)15-11-22)27(21-8-12-24(38-3)13-9-21)32-30(33)40-18-16-31-29(35)23-7-6-20(2)26(19-23)34(36)37/h6-15,19H,5,16-18H2,1-4H3,(H,31,35). The van der Waals surface area contributed by atoms with E-state index in [1.807, 2.05) is 48.5 Å². The van der Waals surface area contributed by atoms with E-state index in [0.29, 0.717) is 17.9 Å². The number of ether oxygens (including phenoxy) is 2. The molecule has 0 atom stereocenters. The summed E-state index contributed by atoms with van der Waals surface area (Å²) in [5.74, 6) is 1.77. The maximum Gasteiger partial charge on any atom is 0.273 e. The van der Waals surface area contributed by atoms with Gasteiger partial charge in [0.15, 0.2) is 5.16 Å². The van der Waals surface area contributed by atoms with E-state index in [1.165, 1.54) is 6.07 Å². The van der Waals surface area contributed by atoms with Gasteiger partial charge in [0.2, 0.25) is 0 Å². The van der Waals surface area contributed by atoms with Gasteiger partial charge in [-0.25, -0.2) is 4.98 Å². The van der Waals surface area contributed by atoms with Crippen molar-refractivity contribution < 1.29 is 19.2 Å². The first-order chi connectivity index (χ1) is 19.4. The highest BCUT2D eigenvalue weighted by atomic mass is 32.2. The van der Waals surface area contributed by atoms with Gasteiger partial charge in [0.1, 0.15) is 11.5 Å². The van der Waals surface area contributed by atoms with E-state index in [0.717, 1.165) is 52.1 Å². The zero-order valence-electron chi connectivity index (χ0n) is 23.0. The van der Waals surface area contributed by atoms with E-state index in [1.54, 1.807) is 45.0 Å². The molecule has 0 aliphatic heterocycles. The van der Waals surface area contributed by atoms with E-state index in [2.05, 4.69) is 16.8 Å². The Balaban J connectivity index is 1.58. The third-order valence-electron chi connectivity index (χ3n) is 6.39. The minimum absolute atomic E-state index is 0.0688. The van der Waals surface area contributed by atoms with Gasteiger partial charge in [0.05, 0.1) is 30.5 Å². The Kier molecular flexibility index (Phi) is 9.44. The molecule has 0 saturated heterocycles. The molecule has 9 nitrogen and oxygen atoms in total. The maximum atomic E-state index is 12.7. The molecule has 1 amide bonds. The van der Waals surface area contributed by atoms with Crippen LogP contribution in [0, 0.1) is 17.0 Å². The molecule has 0 bridgehead atoms. The van der Waals surface area contributed by atoms with Crippen LogP contribution in [-0.2, 0) is 6.54 Å². The van der Waals surface area contributed by atoms with Crippen molar-refractivity contribution in [3.8, 4) is 34.0 Å². The lowest BCUT2D eigenvalue weighted by Gasteiger charge is -2.13. The lowest BCUT2D eigenvalue weighted by molar-refractivity contribution is -0.385. The first-order valence-electron chi connectivity index (χ1n) is 12.9. The molecule has 0 aliphatic rings. The number of nitrogens with one attached hydrogen (secondary N) is 1. The van der Waals surface area contributed by atoms with Crippen LogP contribution in [0.25, 0.3) is 22.5 Å². The van der Waals surface area contributed by atoms with E-state index in [4.69, 9.17) is 14.5 Å². The van der Waals surface area contributed by atoms with Crippen molar-refractivity contribution in [1.82, 2.24) is 14.9 Å². The van der Waals surface area contributed by atoms with Gasteiger partial charge in [0.25, 0.3) is 11.6 Å². The number of carbonyl (C=O) groups is 1. The van der Waals surface area contributed by atoms with E-state index in [9.17, 15) is 14.9 Å². The Hall–Kier alpha value is -4.31. The van der Waals surface area contributed by atoms with Crippen molar-refractivity contribution in [2.24, 2.45) is 0 Å². The molecule has 0 aliphatic carbocycles. The lowest BCUT2D eigenvalue weighted by atomic mass is 10.0. The number of nitro groups is 1. The van der Waals surface area contributed by atoms with Crippen LogP contribution in [0.1, 0.15) is 29.3 Å². The van der Waals surface area contributed by atoms with Crippen LogP contribution in [0.15, 0.2) is 71.9 Å². The summed E-state index contributed by atoms with van der Waals surface area (Å²) in [6.07, 6.45) is 0.915. The number of rotatable bonds is 12. The fraction of sp³-hybridized carbons (Fsp3) is 0.267. The Morgan fingerprint density at radius 3 is 2.20 bits per heavy atom. The largest absolute Gasteiger partial charge is 0.497 e. The number of aryl methyl sites for hydroxylation is 1. The molecule has 10 heteroatoms. The second-order valence-corrected chi connectivity index (χ2v) is 10.1. The molecular formula is C30H32N4O5S. The second kappa shape index (κ2) is 13.2. The molecule has 0 unspecified atom stereocenters. The molecule has 1 N–H and O–H groups in total. The molecule has 3 aromatic carbocycles. The normalized spacial score (nSPS) is 10.8. The SMILES string of the molecule is CCCn1c(SCCNC(=O)c2ccc(C)c([N+](=O)[O-])c2)nc(-c2ccc(OC)cc2)c1-c1ccc(OC)cc1. The first kappa shape index (κ1) is 28.7. The number of carbonyl (C=O) groups excluding carboxylic acids is 1. The summed E-state index contributed by atoms with van der Waals surface area (Å²) >= 11 is 1.55. The van der Waals surface area contributed by atoms with Gasteiger partial charge in [-0.2, -0.15) is 0 Å². The maximum absolute atomic E-state index is 12.7. The fourth-order valence-corrected chi connectivity index (χ4v) is 5.20. The minimum atomic E-state index is -0.476. The predicted molar refractivity (Wildman–Crippen MR) is 157 cm³/mol. The number of nitro benzene ring substituents is 1. The molecule has 208 valence electrons. The Morgan fingerprint density at radius 1 is 1.00 bits per heavy atom. The van der Waals surface area contributed by atoms with Crippen LogP contribution in [0.5, 0.6) is 11.5 Å². The van der Waals surface area contributed by atoms with Crippen LogP contribution >= 0.6 is 11.8 Å². The second-order valence-electron chi connectivity index (χ2n) is 9.06. The number of hydrogen-bond acceptors (Lipinski definition) is 7. The first-order valence-corrected chi connectivity index (χ1v) is 13.9.